The van der Waals surface area contributed by atoms with E-state index in [0.717, 1.165) is 0 Å². The van der Waals surface area contributed by atoms with Crippen LogP contribution in [0.15, 0.2) is 22.7 Å². The van der Waals surface area contributed by atoms with Crippen LogP contribution in [0.4, 0.5) is 0 Å². The van der Waals surface area contributed by atoms with Crippen molar-refractivity contribution >= 4 is 15.9 Å². The molecule has 0 aliphatic heterocycles. The van der Waals surface area contributed by atoms with Gasteiger partial charge in [-0.1, -0.05) is 82.3 Å². The van der Waals surface area contributed by atoms with E-state index in [2.05, 4.69) is 68.7 Å². The Hall–Kier alpha value is -0.300. The Labute approximate surface area is 128 Å². The zero-order chi connectivity index (χ0) is 14.5. The number of hydrogen-bond donors (Lipinski definition) is 0. The summed E-state index contributed by atoms with van der Waals surface area (Å²) in [5, 5.41) is 0. The minimum atomic E-state index is 0.286. The van der Waals surface area contributed by atoms with E-state index in [-0.39, 0.29) is 5.41 Å². The molecule has 0 nitrogen and oxygen atoms in total. The molecule has 1 aromatic carbocycles. The van der Waals surface area contributed by atoms with E-state index in [1.807, 2.05) is 0 Å². The predicted molar refractivity (Wildman–Crippen MR) is 90.0 cm³/mol. The largest absolute Gasteiger partial charge is 0.0654 e. The quantitative estimate of drug-likeness (QED) is 0.482. The zero-order valence-electron chi connectivity index (χ0n) is 13.2. The van der Waals surface area contributed by atoms with E-state index >= 15 is 0 Å². The minimum absolute atomic E-state index is 0.286. The third-order valence-electron chi connectivity index (χ3n) is 4.02. The summed E-state index contributed by atoms with van der Waals surface area (Å²) in [5.41, 5.74) is 3.31. The molecule has 0 N–H and O–H groups in total. The van der Waals surface area contributed by atoms with Gasteiger partial charge >= 0.3 is 0 Å². The van der Waals surface area contributed by atoms with Gasteiger partial charge < -0.3 is 0 Å². The van der Waals surface area contributed by atoms with Crippen LogP contribution in [-0.4, -0.2) is 0 Å². The molecule has 0 atom stereocenters. The molecule has 0 heterocycles. The van der Waals surface area contributed by atoms with Crippen molar-refractivity contribution < 1.29 is 0 Å². The second kappa shape index (κ2) is 7.47. The minimum Gasteiger partial charge on any atom is -0.0654 e. The average Bonchev–Trinajstić information content (AvgIpc) is 2.34. The Balaban J connectivity index is 2.87. The smallest absolute Gasteiger partial charge is 0.0178 e. The fraction of sp³-hybridized carbons (Fsp3) is 0.667. The first kappa shape index (κ1) is 16.8. The molecule has 0 saturated carbocycles. The summed E-state index contributed by atoms with van der Waals surface area (Å²) in [4.78, 5) is 0. The van der Waals surface area contributed by atoms with Gasteiger partial charge in [-0.25, -0.2) is 0 Å². The molecule has 0 fully saturated rings. The first-order valence-corrected chi connectivity index (χ1v) is 8.47. The molecule has 0 aliphatic carbocycles. The van der Waals surface area contributed by atoms with Crippen molar-refractivity contribution in [2.45, 2.75) is 78.1 Å². The molecule has 0 aliphatic rings. The highest BCUT2D eigenvalue weighted by Crippen LogP contribution is 2.36. The van der Waals surface area contributed by atoms with Crippen LogP contribution in [0.1, 0.15) is 83.8 Å². The SMILES string of the molecule is CCCCCCC(C)(C)c1ccc(Br)cc1C(C)C. The van der Waals surface area contributed by atoms with E-state index in [1.165, 1.54) is 47.7 Å². The first-order chi connectivity index (χ1) is 8.88. The molecule has 1 rings (SSSR count). The molecule has 0 radical (unpaired) electrons. The molecular formula is C18H29Br. The highest BCUT2D eigenvalue weighted by molar-refractivity contribution is 9.10. The molecular weight excluding hydrogens is 296 g/mol. The molecule has 0 bridgehead atoms. The standard InChI is InChI=1S/C18H29Br/c1-6-7-8-9-12-18(4,5)17-11-10-15(19)13-16(17)14(2)3/h10-11,13-14H,6-9,12H2,1-5H3. The third-order valence-corrected chi connectivity index (χ3v) is 4.51. The second-order valence-electron chi connectivity index (χ2n) is 6.58. The zero-order valence-corrected chi connectivity index (χ0v) is 14.8. The Bertz CT molecular complexity index is 391. The van der Waals surface area contributed by atoms with Gasteiger partial charge in [-0.05, 0) is 41.0 Å². The summed E-state index contributed by atoms with van der Waals surface area (Å²) in [6, 6.07) is 6.81. The van der Waals surface area contributed by atoms with Gasteiger partial charge in [0.1, 0.15) is 0 Å². The maximum atomic E-state index is 3.60. The summed E-state index contributed by atoms with van der Waals surface area (Å²) in [5.74, 6) is 0.586. The second-order valence-corrected chi connectivity index (χ2v) is 7.50. The fourth-order valence-corrected chi connectivity index (χ4v) is 3.13. The number of rotatable bonds is 7. The normalized spacial score (nSPS) is 12.2. The number of benzene rings is 1. The summed E-state index contributed by atoms with van der Waals surface area (Å²) in [6.45, 7) is 11.6. The lowest BCUT2D eigenvalue weighted by molar-refractivity contribution is 0.441. The monoisotopic (exact) mass is 324 g/mol. The Morgan fingerprint density at radius 1 is 1.11 bits per heavy atom. The molecule has 0 aromatic heterocycles. The molecule has 1 aromatic rings. The Morgan fingerprint density at radius 2 is 1.79 bits per heavy atom. The maximum absolute atomic E-state index is 3.60. The Kier molecular flexibility index (Phi) is 6.59. The van der Waals surface area contributed by atoms with Gasteiger partial charge in [0.05, 0.1) is 0 Å². The molecule has 19 heavy (non-hydrogen) atoms. The topological polar surface area (TPSA) is 0 Å². The van der Waals surface area contributed by atoms with Crippen LogP contribution in [0, 0.1) is 0 Å². The lowest BCUT2D eigenvalue weighted by Gasteiger charge is -2.29. The van der Waals surface area contributed by atoms with E-state index in [1.54, 1.807) is 0 Å². The number of halogens is 1. The van der Waals surface area contributed by atoms with Gasteiger partial charge in [0.2, 0.25) is 0 Å². The van der Waals surface area contributed by atoms with Gasteiger partial charge in [-0.2, -0.15) is 0 Å². The number of unbranched alkanes of at least 4 members (excludes halogenated alkanes) is 3. The van der Waals surface area contributed by atoms with E-state index < -0.39 is 0 Å². The lowest BCUT2D eigenvalue weighted by atomic mass is 9.76. The van der Waals surface area contributed by atoms with Gasteiger partial charge in [0.15, 0.2) is 0 Å². The molecule has 1 heteroatoms. The highest BCUT2D eigenvalue weighted by atomic mass is 79.9. The van der Waals surface area contributed by atoms with Crippen molar-refractivity contribution in [3.8, 4) is 0 Å². The molecule has 0 spiro atoms. The van der Waals surface area contributed by atoms with Crippen molar-refractivity contribution in [2.75, 3.05) is 0 Å². The van der Waals surface area contributed by atoms with E-state index in [0.29, 0.717) is 5.92 Å². The van der Waals surface area contributed by atoms with Crippen molar-refractivity contribution in [3.05, 3.63) is 33.8 Å². The van der Waals surface area contributed by atoms with Crippen molar-refractivity contribution in [3.63, 3.8) is 0 Å². The summed E-state index contributed by atoms with van der Waals surface area (Å²) >= 11 is 3.60. The molecule has 0 saturated heterocycles. The summed E-state index contributed by atoms with van der Waals surface area (Å²) in [7, 11) is 0. The van der Waals surface area contributed by atoms with Crippen LogP contribution >= 0.6 is 15.9 Å². The van der Waals surface area contributed by atoms with E-state index in [4.69, 9.17) is 0 Å². The number of hydrogen-bond acceptors (Lipinski definition) is 0. The summed E-state index contributed by atoms with van der Waals surface area (Å²) < 4.78 is 1.20. The lowest BCUT2D eigenvalue weighted by Crippen LogP contribution is -2.19. The van der Waals surface area contributed by atoms with Crippen molar-refractivity contribution in [1.29, 1.82) is 0 Å². The average molecular weight is 325 g/mol. The van der Waals surface area contributed by atoms with Gasteiger partial charge in [0, 0.05) is 4.47 Å². The van der Waals surface area contributed by atoms with Crippen LogP contribution in [0.2, 0.25) is 0 Å². The van der Waals surface area contributed by atoms with Crippen LogP contribution in [-0.2, 0) is 5.41 Å². The van der Waals surface area contributed by atoms with Crippen molar-refractivity contribution in [2.24, 2.45) is 0 Å². The molecule has 108 valence electrons. The van der Waals surface area contributed by atoms with Gasteiger partial charge in [0.25, 0.3) is 0 Å². The maximum Gasteiger partial charge on any atom is 0.0178 e. The van der Waals surface area contributed by atoms with Crippen LogP contribution in [0.5, 0.6) is 0 Å². The molecule has 0 amide bonds. The van der Waals surface area contributed by atoms with Crippen LogP contribution in [0.25, 0.3) is 0 Å². The molecule has 0 unspecified atom stereocenters. The van der Waals surface area contributed by atoms with Crippen LogP contribution < -0.4 is 0 Å². The first-order valence-electron chi connectivity index (χ1n) is 7.68. The van der Waals surface area contributed by atoms with Crippen LogP contribution in [0.3, 0.4) is 0 Å². The predicted octanol–water partition coefficient (Wildman–Crippen LogP) is 6.82. The summed E-state index contributed by atoms with van der Waals surface area (Å²) in [6.07, 6.45) is 6.68. The van der Waals surface area contributed by atoms with Gasteiger partial charge in [-0.3, -0.25) is 0 Å². The van der Waals surface area contributed by atoms with E-state index in [9.17, 15) is 0 Å². The highest BCUT2D eigenvalue weighted by Gasteiger charge is 2.24. The fourth-order valence-electron chi connectivity index (χ4n) is 2.76. The van der Waals surface area contributed by atoms with Gasteiger partial charge in [-0.15, -0.1) is 0 Å². The van der Waals surface area contributed by atoms with Crippen molar-refractivity contribution in [1.82, 2.24) is 0 Å². The third kappa shape index (κ3) is 4.95. The Morgan fingerprint density at radius 3 is 2.37 bits per heavy atom.